The van der Waals surface area contributed by atoms with Crippen LogP contribution in [0.1, 0.15) is 46.0 Å². The lowest BCUT2D eigenvalue weighted by Crippen LogP contribution is -2.43. The third-order valence-corrected chi connectivity index (χ3v) is 5.28. The van der Waals surface area contributed by atoms with Crippen LogP contribution in [0.2, 0.25) is 0 Å². The van der Waals surface area contributed by atoms with Gasteiger partial charge in [-0.1, -0.05) is 13.3 Å². The Bertz CT molecular complexity index is 426. The van der Waals surface area contributed by atoms with Crippen LogP contribution < -0.4 is 4.72 Å². The van der Waals surface area contributed by atoms with E-state index in [4.69, 9.17) is 4.74 Å². The van der Waals surface area contributed by atoms with Gasteiger partial charge in [0.2, 0.25) is 10.0 Å². The summed E-state index contributed by atoms with van der Waals surface area (Å²) in [5, 5.41) is 0. The van der Waals surface area contributed by atoms with Crippen molar-refractivity contribution in [1.29, 1.82) is 0 Å². The fourth-order valence-electron chi connectivity index (χ4n) is 3.69. The van der Waals surface area contributed by atoms with E-state index >= 15 is 0 Å². The van der Waals surface area contributed by atoms with Crippen LogP contribution >= 0.6 is 0 Å². The van der Waals surface area contributed by atoms with Crippen molar-refractivity contribution in [2.45, 2.75) is 63.6 Å². The Balaban J connectivity index is 1.94. The zero-order valence-corrected chi connectivity index (χ0v) is 13.7. The highest BCUT2D eigenvalue weighted by Crippen LogP contribution is 2.39. The molecule has 0 aromatic rings. The van der Waals surface area contributed by atoms with Gasteiger partial charge >= 0.3 is 0 Å². The molecule has 0 bridgehead atoms. The molecular formula is C14H28N2O3S. The largest absolute Gasteiger partial charge is 0.377 e. The second-order valence-electron chi connectivity index (χ2n) is 6.48. The van der Waals surface area contributed by atoms with Gasteiger partial charge in [0.25, 0.3) is 0 Å². The Morgan fingerprint density at radius 2 is 2.25 bits per heavy atom. The Morgan fingerprint density at radius 3 is 2.90 bits per heavy atom. The maximum absolute atomic E-state index is 11.4. The number of hydrogen-bond donors (Lipinski definition) is 1. The Morgan fingerprint density at radius 1 is 1.50 bits per heavy atom. The van der Waals surface area contributed by atoms with Gasteiger partial charge in [-0.15, -0.1) is 0 Å². The summed E-state index contributed by atoms with van der Waals surface area (Å²) in [5.41, 5.74) is 0.0599. The van der Waals surface area contributed by atoms with E-state index in [1.54, 1.807) is 0 Å². The number of fused-ring (bicyclic) bond motifs is 1. The summed E-state index contributed by atoms with van der Waals surface area (Å²) >= 11 is 0. The molecule has 0 aromatic carbocycles. The molecule has 3 unspecified atom stereocenters. The summed E-state index contributed by atoms with van der Waals surface area (Å²) in [6.45, 7) is 6.91. The summed E-state index contributed by atoms with van der Waals surface area (Å²) in [6.07, 6.45) is 6.93. The highest BCUT2D eigenvalue weighted by atomic mass is 32.2. The fourth-order valence-corrected chi connectivity index (χ4v) is 4.45. The Hall–Kier alpha value is -0.170. The molecule has 2 aliphatic rings. The van der Waals surface area contributed by atoms with Crippen LogP contribution in [0.4, 0.5) is 0 Å². The quantitative estimate of drug-likeness (QED) is 0.771. The molecule has 0 aromatic heterocycles. The molecule has 2 rings (SSSR count). The van der Waals surface area contributed by atoms with Crippen LogP contribution in [-0.4, -0.2) is 57.0 Å². The number of rotatable bonds is 7. The van der Waals surface area contributed by atoms with Crippen molar-refractivity contribution in [2.75, 3.05) is 26.0 Å². The normalized spacial score (nSPS) is 32.5. The molecule has 0 saturated carbocycles. The maximum atomic E-state index is 11.4. The van der Waals surface area contributed by atoms with E-state index in [1.807, 2.05) is 0 Å². The van der Waals surface area contributed by atoms with E-state index in [0.717, 1.165) is 45.4 Å². The minimum atomic E-state index is -3.12. The summed E-state index contributed by atoms with van der Waals surface area (Å²) < 4.78 is 31.6. The molecule has 0 radical (unpaired) electrons. The minimum Gasteiger partial charge on any atom is -0.377 e. The first-order chi connectivity index (χ1) is 9.35. The van der Waals surface area contributed by atoms with Gasteiger partial charge < -0.3 is 4.74 Å². The van der Waals surface area contributed by atoms with Crippen LogP contribution in [0, 0.1) is 0 Å². The van der Waals surface area contributed by atoms with Gasteiger partial charge in [0, 0.05) is 18.1 Å². The molecular weight excluding hydrogens is 276 g/mol. The number of sulfonamides is 1. The van der Waals surface area contributed by atoms with Crippen molar-refractivity contribution < 1.29 is 13.2 Å². The maximum Gasteiger partial charge on any atom is 0.208 e. The Labute approximate surface area is 123 Å². The predicted octanol–water partition coefficient (Wildman–Crippen LogP) is 1.35. The summed E-state index contributed by atoms with van der Waals surface area (Å²) in [5.74, 6) is 0. The highest BCUT2D eigenvalue weighted by molar-refractivity contribution is 7.88. The van der Waals surface area contributed by atoms with Gasteiger partial charge in [-0.25, -0.2) is 13.1 Å². The SMILES string of the molecule is CCCC(C)OCC12CCCN1CC(NS(C)(=O)=O)C2. The van der Waals surface area contributed by atoms with E-state index < -0.39 is 10.0 Å². The highest BCUT2D eigenvalue weighted by Gasteiger charge is 2.49. The third-order valence-electron chi connectivity index (χ3n) is 4.52. The average molecular weight is 304 g/mol. The smallest absolute Gasteiger partial charge is 0.208 e. The van der Waals surface area contributed by atoms with Crippen molar-refractivity contribution in [3.8, 4) is 0 Å². The van der Waals surface area contributed by atoms with Crippen LogP contribution in [0.3, 0.4) is 0 Å². The van der Waals surface area contributed by atoms with E-state index in [-0.39, 0.29) is 11.6 Å². The van der Waals surface area contributed by atoms with Crippen LogP contribution in [-0.2, 0) is 14.8 Å². The number of ether oxygens (including phenoxy) is 1. The summed E-state index contributed by atoms with van der Waals surface area (Å²) in [4.78, 5) is 2.43. The van der Waals surface area contributed by atoms with E-state index in [0.29, 0.717) is 6.10 Å². The van der Waals surface area contributed by atoms with E-state index in [9.17, 15) is 8.42 Å². The van der Waals surface area contributed by atoms with Crippen molar-refractivity contribution in [3.05, 3.63) is 0 Å². The molecule has 20 heavy (non-hydrogen) atoms. The summed E-state index contributed by atoms with van der Waals surface area (Å²) in [7, 11) is -3.12. The number of hydrogen-bond acceptors (Lipinski definition) is 4. The third kappa shape index (κ3) is 3.93. The molecule has 6 heteroatoms. The van der Waals surface area contributed by atoms with Crippen molar-refractivity contribution in [1.82, 2.24) is 9.62 Å². The molecule has 118 valence electrons. The lowest BCUT2D eigenvalue weighted by molar-refractivity contribution is -0.00799. The van der Waals surface area contributed by atoms with Crippen LogP contribution in [0.15, 0.2) is 0 Å². The first-order valence-electron chi connectivity index (χ1n) is 7.68. The molecule has 2 aliphatic heterocycles. The lowest BCUT2D eigenvalue weighted by Gasteiger charge is -2.32. The van der Waals surface area contributed by atoms with Crippen molar-refractivity contribution in [2.24, 2.45) is 0 Å². The zero-order valence-electron chi connectivity index (χ0n) is 12.9. The molecule has 2 heterocycles. The number of nitrogens with one attached hydrogen (secondary N) is 1. The molecule has 2 fully saturated rings. The number of nitrogens with zero attached hydrogens (tertiary/aromatic N) is 1. The Kier molecular flexibility index (Phi) is 5.10. The first kappa shape index (κ1) is 16.2. The topological polar surface area (TPSA) is 58.6 Å². The van der Waals surface area contributed by atoms with Gasteiger partial charge in [-0.2, -0.15) is 0 Å². The molecule has 1 N–H and O–H groups in total. The van der Waals surface area contributed by atoms with Crippen molar-refractivity contribution in [3.63, 3.8) is 0 Å². The van der Waals surface area contributed by atoms with Crippen LogP contribution in [0.5, 0.6) is 0 Å². The van der Waals surface area contributed by atoms with Gasteiger partial charge in [0.1, 0.15) is 0 Å². The zero-order chi connectivity index (χ0) is 14.8. The first-order valence-corrected chi connectivity index (χ1v) is 9.58. The predicted molar refractivity (Wildman–Crippen MR) is 80.2 cm³/mol. The molecule has 5 nitrogen and oxygen atoms in total. The summed E-state index contributed by atoms with van der Waals surface area (Å²) in [6, 6.07) is 0.0374. The van der Waals surface area contributed by atoms with Gasteiger partial charge in [0.05, 0.1) is 19.0 Å². The average Bonchev–Trinajstić information content (AvgIpc) is 2.81. The van der Waals surface area contributed by atoms with Crippen LogP contribution in [0.25, 0.3) is 0 Å². The standard InChI is InChI=1S/C14H28N2O3S/c1-4-6-12(2)19-11-14-7-5-8-16(14)10-13(9-14)15-20(3,17)18/h12-13,15H,4-11H2,1-3H3. The molecule has 2 saturated heterocycles. The molecule has 0 spiro atoms. The minimum absolute atomic E-state index is 0.0374. The second-order valence-corrected chi connectivity index (χ2v) is 8.26. The van der Waals surface area contributed by atoms with E-state index in [1.165, 1.54) is 12.7 Å². The van der Waals surface area contributed by atoms with E-state index in [2.05, 4.69) is 23.5 Å². The van der Waals surface area contributed by atoms with Crippen molar-refractivity contribution >= 4 is 10.0 Å². The molecule has 0 amide bonds. The van der Waals surface area contributed by atoms with Gasteiger partial charge in [0.15, 0.2) is 0 Å². The lowest BCUT2D eigenvalue weighted by atomic mass is 9.94. The molecule has 3 atom stereocenters. The monoisotopic (exact) mass is 304 g/mol. The molecule has 0 aliphatic carbocycles. The fraction of sp³-hybridized carbons (Fsp3) is 1.00. The second kappa shape index (κ2) is 6.30. The van der Waals surface area contributed by atoms with Gasteiger partial charge in [-0.3, -0.25) is 4.90 Å². The van der Waals surface area contributed by atoms with Gasteiger partial charge in [-0.05, 0) is 39.2 Å².